The Morgan fingerprint density at radius 2 is 2.00 bits per heavy atom. The van der Waals surface area contributed by atoms with Gasteiger partial charge in [0.05, 0.1) is 0 Å². The van der Waals surface area contributed by atoms with Crippen LogP contribution in [0.3, 0.4) is 0 Å². The lowest BCUT2D eigenvalue weighted by atomic mass is 9.89. The fraction of sp³-hybridized carbons (Fsp3) is 0.583. The van der Waals surface area contributed by atoms with E-state index >= 15 is 0 Å². The molecule has 0 atom stereocenters. The zero-order chi connectivity index (χ0) is 15.6. The summed E-state index contributed by atoms with van der Waals surface area (Å²) in [6, 6.07) is 1.54. The smallest absolute Gasteiger partial charge is 0.353 e. The molecule has 8 nitrogen and oxygen atoms in total. The molecular weight excluding hydrogens is 296 g/mol. The molecule has 0 aromatic carbocycles. The molecule has 1 saturated heterocycles. The first-order valence-electron chi connectivity index (χ1n) is 6.75. The van der Waals surface area contributed by atoms with Gasteiger partial charge in [0.25, 0.3) is 0 Å². The Morgan fingerprint density at radius 3 is 2.48 bits per heavy atom. The van der Waals surface area contributed by atoms with Crippen molar-refractivity contribution in [3.05, 3.63) is 23.5 Å². The number of carbonyl (C=O) groups is 1. The quantitative estimate of drug-likeness (QED) is 0.663. The lowest BCUT2D eigenvalue weighted by Crippen LogP contribution is -2.36. The monoisotopic (exact) mass is 316 g/mol. The summed E-state index contributed by atoms with van der Waals surface area (Å²) in [4.78, 5) is 13.6. The molecular formula is C12H20N4O4S. The average Bonchev–Trinajstić information content (AvgIpc) is 2.85. The highest BCUT2D eigenvalue weighted by atomic mass is 32.2. The highest BCUT2D eigenvalue weighted by molar-refractivity contribution is 7.87. The van der Waals surface area contributed by atoms with E-state index in [1.807, 2.05) is 0 Å². The van der Waals surface area contributed by atoms with E-state index < -0.39 is 16.2 Å². The second kappa shape index (κ2) is 6.14. The second-order valence-electron chi connectivity index (χ2n) is 5.17. The van der Waals surface area contributed by atoms with Crippen molar-refractivity contribution >= 4 is 16.2 Å². The largest absolute Gasteiger partial charge is 0.477 e. The first kappa shape index (κ1) is 16.0. The molecule has 0 radical (unpaired) electrons. The maximum atomic E-state index is 11.4. The van der Waals surface area contributed by atoms with E-state index in [2.05, 4.69) is 4.90 Å². The van der Waals surface area contributed by atoms with E-state index in [0.29, 0.717) is 16.1 Å². The number of carboxylic acid groups (broad SMARTS) is 1. The van der Waals surface area contributed by atoms with Gasteiger partial charge in [-0.25, -0.2) is 13.9 Å². The summed E-state index contributed by atoms with van der Waals surface area (Å²) >= 11 is 0. The lowest BCUT2D eigenvalue weighted by Gasteiger charge is -2.31. The molecule has 118 valence electrons. The maximum Gasteiger partial charge on any atom is 0.353 e. The molecule has 0 spiro atoms. The molecule has 1 aromatic heterocycles. The van der Waals surface area contributed by atoms with Crippen LogP contribution in [0, 0.1) is 0 Å². The molecule has 5 N–H and O–H groups in total. The van der Waals surface area contributed by atoms with Gasteiger partial charge in [0, 0.05) is 19.3 Å². The van der Waals surface area contributed by atoms with Crippen LogP contribution in [0.1, 0.15) is 34.8 Å². The SMILES string of the molecule is NCCN1CCC(c2ccn(S(N)(=O)=O)c2C(=O)O)CC1. The van der Waals surface area contributed by atoms with Gasteiger partial charge in [0.2, 0.25) is 0 Å². The second-order valence-corrected chi connectivity index (χ2v) is 6.59. The lowest BCUT2D eigenvalue weighted by molar-refractivity contribution is 0.0686. The number of aromatic nitrogens is 1. The van der Waals surface area contributed by atoms with Crippen molar-refractivity contribution in [3.63, 3.8) is 0 Å². The van der Waals surface area contributed by atoms with Crippen molar-refractivity contribution in [2.75, 3.05) is 26.2 Å². The van der Waals surface area contributed by atoms with Gasteiger partial charge in [-0.2, -0.15) is 8.42 Å². The van der Waals surface area contributed by atoms with Crippen LogP contribution >= 0.6 is 0 Å². The number of carboxylic acids is 1. The van der Waals surface area contributed by atoms with Crippen LogP contribution in [0.5, 0.6) is 0 Å². The van der Waals surface area contributed by atoms with Crippen molar-refractivity contribution in [1.82, 2.24) is 8.87 Å². The van der Waals surface area contributed by atoms with E-state index in [9.17, 15) is 18.3 Å². The predicted octanol–water partition coefficient (Wildman–Crippen LogP) is -0.624. The number of piperidine rings is 1. The standard InChI is InChI=1S/C12H20N4O4S/c13-4-8-15-5-1-9(2-6-15)10-3-7-16(21(14,19)20)11(10)12(17)18/h3,7,9H,1-2,4-6,8,13H2,(H,17,18)(H2,14,19,20). The van der Waals surface area contributed by atoms with Crippen LogP contribution in [0.15, 0.2) is 12.3 Å². The fourth-order valence-electron chi connectivity index (χ4n) is 2.84. The summed E-state index contributed by atoms with van der Waals surface area (Å²) in [5.41, 5.74) is 5.79. The van der Waals surface area contributed by atoms with Gasteiger partial charge in [-0.15, -0.1) is 0 Å². The van der Waals surface area contributed by atoms with Crippen LogP contribution in [0.2, 0.25) is 0 Å². The van der Waals surface area contributed by atoms with Gasteiger partial charge in [-0.1, -0.05) is 0 Å². The van der Waals surface area contributed by atoms with Gasteiger partial charge in [-0.05, 0) is 43.5 Å². The van der Waals surface area contributed by atoms with Crippen molar-refractivity contribution in [2.24, 2.45) is 10.9 Å². The third-order valence-corrected chi connectivity index (χ3v) is 4.69. The molecule has 0 saturated carbocycles. The zero-order valence-corrected chi connectivity index (χ0v) is 12.4. The minimum Gasteiger partial charge on any atom is -0.477 e. The van der Waals surface area contributed by atoms with E-state index in [1.54, 1.807) is 0 Å². The average molecular weight is 316 g/mol. The molecule has 0 aliphatic carbocycles. The maximum absolute atomic E-state index is 11.4. The third-order valence-electron chi connectivity index (χ3n) is 3.83. The van der Waals surface area contributed by atoms with Crippen molar-refractivity contribution in [1.29, 1.82) is 0 Å². The number of nitrogens with two attached hydrogens (primary N) is 2. The Labute approximate surface area is 123 Å². The van der Waals surface area contributed by atoms with E-state index in [1.165, 1.54) is 12.3 Å². The van der Waals surface area contributed by atoms with E-state index in [0.717, 1.165) is 32.5 Å². The van der Waals surface area contributed by atoms with Crippen LogP contribution in [0.25, 0.3) is 0 Å². The van der Waals surface area contributed by atoms with Crippen LogP contribution in [-0.2, 0) is 10.2 Å². The van der Waals surface area contributed by atoms with Gasteiger partial charge in [0.15, 0.2) is 0 Å². The van der Waals surface area contributed by atoms with Gasteiger partial charge < -0.3 is 15.7 Å². The van der Waals surface area contributed by atoms with E-state index in [-0.39, 0.29) is 11.6 Å². The molecule has 9 heteroatoms. The Kier molecular flexibility index (Phi) is 4.67. The number of rotatable bonds is 5. The number of likely N-dealkylation sites (tertiary alicyclic amines) is 1. The van der Waals surface area contributed by atoms with Gasteiger partial charge in [-0.3, -0.25) is 0 Å². The molecule has 21 heavy (non-hydrogen) atoms. The number of aromatic carboxylic acids is 1. The van der Waals surface area contributed by atoms with E-state index in [4.69, 9.17) is 10.9 Å². The first-order chi connectivity index (χ1) is 9.84. The molecule has 1 fully saturated rings. The Bertz CT molecular complexity index is 617. The number of hydrogen-bond acceptors (Lipinski definition) is 5. The highest BCUT2D eigenvalue weighted by Crippen LogP contribution is 2.31. The minimum absolute atomic E-state index is 0.0214. The third kappa shape index (κ3) is 3.43. The predicted molar refractivity (Wildman–Crippen MR) is 77.4 cm³/mol. The molecule has 0 unspecified atom stereocenters. The molecule has 0 bridgehead atoms. The van der Waals surface area contributed by atoms with Crippen LogP contribution in [-0.4, -0.2) is 54.5 Å². The Balaban J connectivity index is 2.26. The van der Waals surface area contributed by atoms with Crippen molar-refractivity contribution in [3.8, 4) is 0 Å². The van der Waals surface area contributed by atoms with Gasteiger partial charge >= 0.3 is 16.2 Å². The minimum atomic E-state index is -4.11. The Hall–Kier alpha value is -1.42. The molecule has 1 aromatic rings. The first-order valence-corrected chi connectivity index (χ1v) is 8.25. The normalized spacial score (nSPS) is 18.0. The summed E-state index contributed by atoms with van der Waals surface area (Å²) in [6.07, 6.45) is 2.75. The van der Waals surface area contributed by atoms with Gasteiger partial charge in [0.1, 0.15) is 5.69 Å². The summed E-state index contributed by atoms with van der Waals surface area (Å²) in [6.45, 7) is 3.05. The van der Waals surface area contributed by atoms with Crippen LogP contribution in [0.4, 0.5) is 0 Å². The fourth-order valence-corrected chi connectivity index (χ4v) is 3.51. The van der Waals surface area contributed by atoms with Crippen molar-refractivity contribution < 1.29 is 18.3 Å². The Morgan fingerprint density at radius 1 is 1.38 bits per heavy atom. The highest BCUT2D eigenvalue weighted by Gasteiger charge is 2.29. The molecule has 2 heterocycles. The van der Waals surface area contributed by atoms with Crippen molar-refractivity contribution in [2.45, 2.75) is 18.8 Å². The summed E-state index contributed by atoms with van der Waals surface area (Å²) in [5.74, 6) is -1.26. The summed E-state index contributed by atoms with van der Waals surface area (Å²) in [7, 11) is -4.11. The number of nitrogens with zero attached hydrogens (tertiary/aromatic N) is 2. The molecule has 1 aliphatic heterocycles. The molecule has 2 rings (SSSR count). The summed E-state index contributed by atoms with van der Waals surface area (Å²) in [5, 5.41) is 14.3. The topological polar surface area (TPSA) is 132 Å². The zero-order valence-electron chi connectivity index (χ0n) is 11.6. The summed E-state index contributed by atoms with van der Waals surface area (Å²) < 4.78 is 23.5. The number of hydrogen-bond donors (Lipinski definition) is 3. The molecule has 0 amide bonds. The molecule has 1 aliphatic rings. The van der Waals surface area contributed by atoms with Crippen LogP contribution < -0.4 is 10.9 Å².